The Morgan fingerprint density at radius 1 is 0.676 bits per heavy atom. The van der Waals surface area contributed by atoms with Crippen LogP contribution in [0.15, 0.2) is 4.99 Å². The number of ketones is 5. The van der Waals surface area contributed by atoms with Crippen LogP contribution in [0.5, 0.6) is 0 Å². The van der Waals surface area contributed by atoms with E-state index in [-0.39, 0.29) is 76.0 Å². The Hall–Kier alpha value is -7.10. The summed E-state index contributed by atoms with van der Waals surface area (Å²) >= 11 is 0. The van der Waals surface area contributed by atoms with Crippen molar-refractivity contribution in [1.82, 2.24) is 41.3 Å². The summed E-state index contributed by atoms with van der Waals surface area (Å²) in [6.45, 7) is 17.3. The van der Waals surface area contributed by atoms with Crippen molar-refractivity contribution in [2.75, 3.05) is 38.6 Å². The Kier molecular flexibility index (Phi) is 36.4. The van der Waals surface area contributed by atoms with Gasteiger partial charge in [-0.25, -0.2) is 0 Å². The van der Waals surface area contributed by atoms with Crippen LogP contribution >= 0.6 is 21.6 Å². The largest absolute Gasteiger partial charge is 0.481 e. The molecule has 4 heterocycles. The molecule has 9 amide bonds. The molecule has 1 aliphatic carbocycles. The summed E-state index contributed by atoms with van der Waals surface area (Å²) in [7, 11) is 1.91. The number of aliphatic carboxylic acids is 1. The fourth-order valence-electron chi connectivity index (χ4n) is 15.6. The lowest BCUT2D eigenvalue weighted by Gasteiger charge is -2.38. The van der Waals surface area contributed by atoms with Crippen LogP contribution in [0.1, 0.15) is 211 Å². The standard InChI is InChI=1S/C75H123N13O18S2/c1-12-40(6)49(72(105)86-26-18-23-53(86)59(94)31-46(65(77)98)34-61(96)97)35-60(95)64-75(10,11)108-107-38-51(82-69(102)62(41(7)13-2)83-66(99)43(9)76)67(100)81-50(37-90)58(93)30-45(21-17-25-80-74(78)79)56(91)33-48(36-89)57(92)32-47(28-39(4)5)71(104)87-27-19-24-54(87)73(106)88-52-22-16-15-20-44(52)29-55(88)68(101)84-63(42(8)14-3)70(103)85-64/h39-55,62-64,89-90H,12-38,76H2,1-11H3,(H2,77,98)(H,81,100)(H,82,102)(H,83,99)(H,84,101)(H,85,103)(H,96,97)(H4,78,79,80)/t40-,41-,42-,43-,44-,45+,46-,47+,48-,49-,50-,51-,52-,53-,54-,55-,62-,63-,64+/m0/s1. The maximum atomic E-state index is 15.8. The number of aliphatic hydroxyl groups is 2. The van der Waals surface area contributed by atoms with Crippen molar-refractivity contribution in [2.24, 2.45) is 87.1 Å². The maximum Gasteiger partial charge on any atom is 0.304 e. The molecule has 0 aromatic rings. The molecule has 16 N–H and O–H groups in total. The minimum absolute atomic E-state index is 0.00719. The van der Waals surface area contributed by atoms with E-state index in [0.29, 0.717) is 44.9 Å². The summed E-state index contributed by atoms with van der Waals surface area (Å²) in [4.78, 5) is 226. The number of aliphatic imine (C=N–C) groups is 1. The minimum Gasteiger partial charge on any atom is -0.481 e. The summed E-state index contributed by atoms with van der Waals surface area (Å²) in [6, 6.07) is -12.3. The average molecular weight is 1560 g/mol. The van der Waals surface area contributed by atoms with E-state index in [1.165, 1.54) is 16.7 Å². The monoisotopic (exact) mass is 1560 g/mol. The van der Waals surface area contributed by atoms with Crippen molar-refractivity contribution in [2.45, 2.75) is 276 Å². The van der Waals surface area contributed by atoms with E-state index in [9.17, 15) is 58.5 Å². The van der Waals surface area contributed by atoms with Crippen LogP contribution in [0.3, 0.4) is 0 Å². The van der Waals surface area contributed by atoms with Crippen molar-refractivity contribution in [3.63, 3.8) is 0 Å². The highest BCUT2D eigenvalue weighted by Gasteiger charge is 2.53. The molecule has 608 valence electrons. The number of hydrogen-bond donors (Lipinski definition) is 12. The number of aliphatic hydroxyl groups excluding tert-OH is 2. The zero-order valence-corrected chi connectivity index (χ0v) is 66.7. The Morgan fingerprint density at radius 2 is 1.31 bits per heavy atom. The third kappa shape index (κ3) is 25.2. The molecule has 0 aromatic carbocycles. The van der Waals surface area contributed by atoms with Gasteiger partial charge in [0.25, 0.3) is 0 Å². The minimum atomic E-state index is -1.74. The summed E-state index contributed by atoms with van der Waals surface area (Å²) < 4.78 is -1.49. The molecule has 0 spiro atoms. The number of nitrogens with one attached hydrogen (secondary N) is 5. The number of primary amides is 1. The molecule has 5 rings (SSSR count). The van der Waals surface area contributed by atoms with Crippen molar-refractivity contribution >= 4 is 116 Å². The number of rotatable bonds is 28. The first-order chi connectivity index (χ1) is 50.9. The third-order valence-electron chi connectivity index (χ3n) is 22.6. The number of fused-ring (bicyclic) bond motifs is 4. The lowest BCUT2D eigenvalue weighted by atomic mass is 9.82. The number of carboxylic acids is 1. The average Bonchev–Trinajstić information content (AvgIpc) is 1.61. The number of nitrogens with zero attached hydrogens (tertiary/aromatic N) is 4. The molecule has 108 heavy (non-hydrogen) atoms. The predicted octanol–water partition coefficient (Wildman–Crippen LogP) is 2.13. The van der Waals surface area contributed by atoms with E-state index >= 15 is 28.8 Å². The van der Waals surface area contributed by atoms with E-state index in [1.807, 2.05) is 13.8 Å². The highest BCUT2D eigenvalue weighted by atomic mass is 33.1. The van der Waals surface area contributed by atoms with Gasteiger partial charge in [-0.15, -0.1) is 0 Å². The van der Waals surface area contributed by atoms with Gasteiger partial charge in [-0.1, -0.05) is 109 Å². The molecule has 4 aliphatic heterocycles. The summed E-state index contributed by atoms with van der Waals surface area (Å²) in [5.74, 6) is -20.1. The lowest BCUT2D eigenvalue weighted by Crippen LogP contribution is -2.61. The van der Waals surface area contributed by atoms with Gasteiger partial charge >= 0.3 is 5.97 Å². The van der Waals surface area contributed by atoms with E-state index in [0.717, 1.165) is 34.4 Å². The van der Waals surface area contributed by atoms with Gasteiger partial charge in [-0.05, 0) is 115 Å². The van der Waals surface area contributed by atoms with Crippen LogP contribution in [-0.2, 0) is 71.9 Å². The van der Waals surface area contributed by atoms with Gasteiger partial charge in [-0.2, -0.15) is 0 Å². The molecule has 0 radical (unpaired) electrons. The third-order valence-corrected chi connectivity index (χ3v) is 25.9. The molecule has 4 saturated heterocycles. The first kappa shape index (κ1) is 91.5. The van der Waals surface area contributed by atoms with Gasteiger partial charge in [0.05, 0.1) is 37.6 Å². The number of amides is 9. The Balaban J connectivity index is 1.70. The molecule has 5 fully saturated rings. The van der Waals surface area contributed by atoms with Gasteiger partial charge in [0, 0.05) is 92.0 Å². The molecule has 19 atom stereocenters. The molecule has 5 aliphatic rings. The van der Waals surface area contributed by atoms with Gasteiger partial charge in [0.2, 0.25) is 53.2 Å². The second kappa shape index (κ2) is 42.9. The second-order valence-corrected chi connectivity index (χ2v) is 34.6. The number of carbonyl (C=O) groups excluding carboxylic acids is 14. The van der Waals surface area contributed by atoms with Crippen LogP contribution in [0.4, 0.5) is 0 Å². The van der Waals surface area contributed by atoms with Crippen molar-refractivity contribution < 1.29 is 87.2 Å². The highest BCUT2D eigenvalue weighted by Crippen LogP contribution is 2.43. The van der Waals surface area contributed by atoms with Crippen LogP contribution in [0.2, 0.25) is 0 Å². The summed E-state index contributed by atoms with van der Waals surface area (Å²) in [5.41, 5.74) is 22.7. The molecule has 31 nitrogen and oxygen atoms in total. The fraction of sp³-hybridized carbons (Fsp3) is 0.787. The maximum absolute atomic E-state index is 15.8. The molecule has 0 unspecified atom stereocenters. The molecular formula is C75H123N13O18S2. The number of likely N-dealkylation sites (tertiary alicyclic amines) is 1. The van der Waals surface area contributed by atoms with Crippen molar-refractivity contribution in [3.8, 4) is 0 Å². The van der Waals surface area contributed by atoms with E-state index < -0.39 is 258 Å². The van der Waals surface area contributed by atoms with Gasteiger partial charge in [0.1, 0.15) is 53.9 Å². The van der Waals surface area contributed by atoms with Crippen molar-refractivity contribution in [1.29, 1.82) is 0 Å². The van der Waals surface area contributed by atoms with Gasteiger partial charge in [0.15, 0.2) is 23.3 Å². The number of guanidine groups is 1. The fourth-order valence-corrected chi connectivity index (χ4v) is 18.4. The number of hydrogen-bond acceptors (Lipinski definition) is 21. The Morgan fingerprint density at radius 3 is 1.92 bits per heavy atom. The van der Waals surface area contributed by atoms with E-state index in [1.54, 1.807) is 60.3 Å². The zero-order valence-electron chi connectivity index (χ0n) is 65.0. The molecular weight excluding hydrogens is 1440 g/mol. The van der Waals surface area contributed by atoms with Gasteiger partial charge < -0.3 is 79.5 Å². The quantitative estimate of drug-likeness (QED) is 0.0231. The number of carboxylic acid groups (broad SMARTS) is 1. The molecule has 0 bridgehead atoms. The summed E-state index contributed by atoms with van der Waals surface area (Å²) in [5, 5.41) is 45.2. The smallest absolute Gasteiger partial charge is 0.304 e. The van der Waals surface area contributed by atoms with Crippen LogP contribution in [-0.4, -0.2) is 228 Å². The Bertz CT molecular complexity index is 3240. The highest BCUT2D eigenvalue weighted by molar-refractivity contribution is 8.77. The van der Waals surface area contributed by atoms with Crippen LogP contribution in [0.25, 0.3) is 0 Å². The van der Waals surface area contributed by atoms with Crippen LogP contribution in [0, 0.1) is 59.2 Å². The molecule has 0 aromatic heterocycles. The topological polar surface area (TPSA) is 503 Å². The SMILES string of the molecule is CC[C@H](C)[C@H](CC(=O)[C@H]1NC(=O)[C@H]([C@@H](C)CC)NC(=O)[C@@H]2C[C@@H]3CCCC[C@@H]3N2C(=O)[C@@H]2CCCN2C(=O)[C@H](CC(C)C)CC(=O)[C@H](CO)CC(=O)[C@H](CCCN=C(N)N)CC(=O)[C@H](CO)NC(=O)[C@@H](NC(=O)[C@@H](NC(=O)[C@H](C)N)[C@@H](C)CC)CSSC1(C)C)C(=O)N1CCC[C@H]1C(=O)C[C@@H](CC(=O)O)C(N)=O. The van der Waals surface area contributed by atoms with E-state index in [2.05, 4.69) is 31.6 Å². The number of Topliss-reactive ketones (excluding diaryl/α,β-unsaturated/α-hetero) is 5. The first-order valence-corrected chi connectivity index (χ1v) is 41.1. The van der Waals surface area contributed by atoms with Gasteiger partial charge in [-0.3, -0.25) is 76.9 Å². The Labute approximate surface area is 642 Å². The zero-order chi connectivity index (χ0) is 80.8. The van der Waals surface area contributed by atoms with Crippen LogP contribution < -0.4 is 49.5 Å². The normalized spacial score (nSPS) is 28.2. The molecule has 33 heteroatoms. The summed E-state index contributed by atoms with van der Waals surface area (Å²) in [6.07, 6.45) is 2.06. The lowest BCUT2D eigenvalue weighted by molar-refractivity contribution is -0.151. The first-order valence-electron chi connectivity index (χ1n) is 38.8. The molecule has 1 saturated carbocycles. The number of nitrogens with two attached hydrogens (primary N) is 4. The second-order valence-electron chi connectivity index (χ2n) is 31.6. The van der Waals surface area contributed by atoms with Crippen molar-refractivity contribution in [3.05, 3.63) is 0 Å². The predicted molar refractivity (Wildman–Crippen MR) is 407 cm³/mol. The number of carbonyl (C=O) groups is 15. The van der Waals surface area contributed by atoms with E-state index in [4.69, 9.17) is 22.9 Å².